The molecule has 2 aliphatic carbocycles. The second-order valence-electron chi connectivity index (χ2n) is 6.10. The lowest BCUT2D eigenvalue weighted by molar-refractivity contribution is -0.117. The first-order valence-corrected chi connectivity index (χ1v) is 7.56. The number of halogens is 1. The summed E-state index contributed by atoms with van der Waals surface area (Å²) in [6.45, 7) is 1.94. The Morgan fingerprint density at radius 3 is 2.89 bits per heavy atom. The topological polar surface area (TPSA) is 29.1 Å². The van der Waals surface area contributed by atoms with Crippen LogP contribution in [0.15, 0.2) is 18.2 Å². The molecule has 1 aromatic rings. The van der Waals surface area contributed by atoms with E-state index in [-0.39, 0.29) is 5.91 Å². The lowest BCUT2D eigenvalue weighted by atomic mass is 9.86. The van der Waals surface area contributed by atoms with Crippen LogP contribution in [-0.2, 0) is 4.79 Å². The van der Waals surface area contributed by atoms with E-state index in [1.54, 1.807) is 0 Å². The van der Waals surface area contributed by atoms with Gasteiger partial charge >= 0.3 is 0 Å². The van der Waals surface area contributed by atoms with Crippen molar-refractivity contribution in [2.75, 3.05) is 5.32 Å². The standard InChI is InChI=1S/C16H20ClNO/c1-10-14(17)3-2-4-15(10)18-16(19)9-13-8-11-5-6-12(13)7-11/h2-4,11-13H,5-9H2,1H3,(H,18,19)/t11-,12-,13-/m0/s1. The van der Waals surface area contributed by atoms with Gasteiger partial charge in [0.15, 0.2) is 0 Å². The van der Waals surface area contributed by atoms with Gasteiger partial charge in [0.2, 0.25) is 5.91 Å². The minimum absolute atomic E-state index is 0.142. The lowest BCUT2D eigenvalue weighted by Gasteiger charge is -2.21. The third kappa shape index (κ3) is 2.64. The molecule has 0 spiro atoms. The van der Waals surface area contributed by atoms with Gasteiger partial charge in [-0.1, -0.05) is 24.1 Å². The molecule has 0 heterocycles. The van der Waals surface area contributed by atoms with Gasteiger partial charge in [0.05, 0.1) is 0 Å². The van der Waals surface area contributed by atoms with Gasteiger partial charge in [-0.25, -0.2) is 0 Å². The molecule has 19 heavy (non-hydrogen) atoms. The van der Waals surface area contributed by atoms with E-state index in [2.05, 4.69) is 5.32 Å². The third-order valence-corrected chi connectivity index (χ3v) is 5.28. The lowest BCUT2D eigenvalue weighted by Crippen LogP contribution is -2.20. The summed E-state index contributed by atoms with van der Waals surface area (Å²) in [5, 5.41) is 3.72. The normalized spacial score (nSPS) is 28.6. The molecule has 2 nitrogen and oxygen atoms in total. The van der Waals surface area contributed by atoms with E-state index in [1.807, 2.05) is 25.1 Å². The summed E-state index contributed by atoms with van der Waals surface area (Å²) in [4.78, 5) is 12.2. The summed E-state index contributed by atoms with van der Waals surface area (Å²) < 4.78 is 0. The first-order chi connectivity index (χ1) is 9.13. The molecule has 2 bridgehead atoms. The van der Waals surface area contributed by atoms with Crippen LogP contribution in [0.2, 0.25) is 5.02 Å². The molecule has 0 aliphatic heterocycles. The van der Waals surface area contributed by atoms with Gasteiger partial charge in [0.25, 0.3) is 0 Å². The maximum atomic E-state index is 12.2. The quantitative estimate of drug-likeness (QED) is 0.871. The van der Waals surface area contributed by atoms with E-state index in [0.717, 1.165) is 23.1 Å². The van der Waals surface area contributed by atoms with Crippen LogP contribution < -0.4 is 5.32 Å². The molecule has 0 aromatic heterocycles. The second kappa shape index (κ2) is 5.16. The molecule has 0 unspecified atom stereocenters. The van der Waals surface area contributed by atoms with Crippen molar-refractivity contribution in [3.05, 3.63) is 28.8 Å². The molecule has 102 valence electrons. The fourth-order valence-electron chi connectivity index (χ4n) is 3.81. The van der Waals surface area contributed by atoms with Gasteiger partial charge in [0, 0.05) is 17.1 Å². The number of carbonyl (C=O) groups excluding carboxylic acids is 1. The van der Waals surface area contributed by atoms with Crippen molar-refractivity contribution in [3.8, 4) is 0 Å². The Bertz CT molecular complexity index is 500. The Kier molecular flexibility index (Phi) is 3.53. The number of hydrogen-bond donors (Lipinski definition) is 1. The van der Waals surface area contributed by atoms with Crippen molar-refractivity contribution in [1.29, 1.82) is 0 Å². The number of rotatable bonds is 3. The number of amides is 1. The van der Waals surface area contributed by atoms with Crippen molar-refractivity contribution in [3.63, 3.8) is 0 Å². The predicted octanol–water partition coefficient (Wildman–Crippen LogP) is 4.41. The minimum Gasteiger partial charge on any atom is -0.326 e. The molecule has 0 radical (unpaired) electrons. The maximum absolute atomic E-state index is 12.2. The van der Waals surface area contributed by atoms with Crippen LogP contribution in [0.3, 0.4) is 0 Å². The highest BCUT2D eigenvalue weighted by molar-refractivity contribution is 6.31. The summed E-state index contributed by atoms with van der Waals surface area (Å²) >= 11 is 6.07. The van der Waals surface area contributed by atoms with Gasteiger partial charge in [-0.05, 0) is 61.6 Å². The van der Waals surface area contributed by atoms with Gasteiger partial charge in [-0.15, -0.1) is 0 Å². The number of carbonyl (C=O) groups is 1. The van der Waals surface area contributed by atoms with Crippen LogP contribution in [0.25, 0.3) is 0 Å². The highest BCUT2D eigenvalue weighted by atomic mass is 35.5. The molecule has 2 aliphatic rings. The average Bonchev–Trinajstić information content (AvgIpc) is 2.97. The average molecular weight is 278 g/mol. The van der Waals surface area contributed by atoms with Gasteiger partial charge in [-0.3, -0.25) is 4.79 Å². The number of benzene rings is 1. The zero-order chi connectivity index (χ0) is 13.4. The fraction of sp³-hybridized carbons (Fsp3) is 0.562. The molecule has 3 rings (SSSR count). The Labute approximate surface area is 119 Å². The van der Waals surface area contributed by atoms with E-state index in [0.29, 0.717) is 17.4 Å². The molecule has 0 saturated heterocycles. The van der Waals surface area contributed by atoms with E-state index in [9.17, 15) is 4.79 Å². The largest absolute Gasteiger partial charge is 0.326 e. The van der Waals surface area contributed by atoms with Crippen LogP contribution in [0.5, 0.6) is 0 Å². The summed E-state index contributed by atoms with van der Waals surface area (Å²) in [6, 6.07) is 5.64. The number of fused-ring (bicyclic) bond motifs is 2. The SMILES string of the molecule is Cc1c(Cl)cccc1NC(=O)C[C@@H]1C[C@H]2CC[C@H]1C2. The van der Waals surface area contributed by atoms with Crippen LogP contribution in [-0.4, -0.2) is 5.91 Å². The van der Waals surface area contributed by atoms with Crippen LogP contribution in [0, 0.1) is 24.7 Å². The summed E-state index contributed by atoms with van der Waals surface area (Å²) in [7, 11) is 0. The maximum Gasteiger partial charge on any atom is 0.224 e. The Balaban J connectivity index is 1.61. The first-order valence-electron chi connectivity index (χ1n) is 7.18. The van der Waals surface area contributed by atoms with Crippen LogP contribution >= 0.6 is 11.6 Å². The van der Waals surface area contributed by atoms with Gasteiger partial charge in [-0.2, -0.15) is 0 Å². The Morgan fingerprint density at radius 1 is 1.37 bits per heavy atom. The molecule has 1 N–H and O–H groups in total. The fourth-order valence-corrected chi connectivity index (χ4v) is 3.98. The van der Waals surface area contributed by atoms with Gasteiger partial charge < -0.3 is 5.32 Å². The molecule has 2 saturated carbocycles. The van der Waals surface area contributed by atoms with E-state index in [4.69, 9.17) is 11.6 Å². The highest BCUT2D eigenvalue weighted by Crippen LogP contribution is 2.49. The van der Waals surface area contributed by atoms with Crippen molar-refractivity contribution < 1.29 is 4.79 Å². The summed E-state index contributed by atoms with van der Waals surface area (Å²) in [6.07, 6.45) is 6.00. The van der Waals surface area contributed by atoms with Crippen molar-refractivity contribution in [1.82, 2.24) is 0 Å². The molecule has 3 atom stereocenters. The molecule has 1 aromatic carbocycles. The molecule has 2 fully saturated rings. The molecular weight excluding hydrogens is 258 g/mol. The van der Waals surface area contributed by atoms with E-state index < -0.39 is 0 Å². The van der Waals surface area contributed by atoms with Crippen LogP contribution in [0.1, 0.15) is 37.7 Å². The number of nitrogens with one attached hydrogen (secondary N) is 1. The molecule has 3 heteroatoms. The number of anilines is 1. The zero-order valence-electron chi connectivity index (χ0n) is 11.3. The zero-order valence-corrected chi connectivity index (χ0v) is 12.0. The predicted molar refractivity (Wildman–Crippen MR) is 78.4 cm³/mol. The molecule has 1 amide bonds. The minimum atomic E-state index is 0.142. The van der Waals surface area contributed by atoms with Crippen molar-refractivity contribution in [2.24, 2.45) is 17.8 Å². The second-order valence-corrected chi connectivity index (χ2v) is 6.51. The summed E-state index contributed by atoms with van der Waals surface area (Å²) in [5.41, 5.74) is 1.80. The van der Waals surface area contributed by atoms with Crippen molar-refractivity contribution in [2.45, 2.75) is 39.0 Å². The first kappa shape index (κ1) is 13.0. The Morgan fingerprint density at radius 2 is 2.21 bits per heavy atom. The van der Waals surface area contributed by atoms with Crippen molar-refractivity contribution >= 4 is 23.2 Å². The van der Waals surface area contributed by atoms with Gasteiger partial charge in [0.1, 0.15) is 0 Å². The smallest absolute Gasteiger partial charge is 0.224 e. The van der Waals surface area contributed by atoms with E-state index >= 15 is 0 Å². The van der Waals surface area contributed by atoms with E-state index in [1.165, 1.54) is 25.7 Å². The van der Waals surface area contributed by atoms with Crippen LogP contribution in [0.4, 0.5) is 5.69 Å². The molecular formula is C16H20ClNO. The number of hydrogen-bond acceptors (Lipinski definition) is 1. The third-order valence-electron chi connectivity index (χ3n) is 4.87. The summed E-state index contributed by atoms with van der Waals surface area (Å²) in [5.74, 6) is 2.45. The highest BCUT2D eigenvalue weighted by Gasteiger charge is 2.40. The Hall–Kier alpha value is -1.02. The monoisotopic (exact) mass is 277 g/mol.